The van der Waals surface area contributed by atoms with E-state index in [0.717, 1.165) is 10.2 Å². The van der Waals surface area contributed by atoms with Gasteiger partial charge in [-0.3, -0.25) is 14.9 Å². The van der Waals surface area contributed by atoms with E-state index < -0.39 is 4.92 Å². The van der Waals surface area contributed by atoms with E-state index in [-0.39, 0.29) is 11.5 Å². The van der Waals surface area contributed by atoms with Crippen LogP contribution in [0.3, 0.4) is 0 Å². The van der Waals surface area contributed by atoms with Crippen molar-refractivity contribution in [2.45, 2.75) is 0 Å². The number of nitro benzene ring substituents is 1. The first kappa shape index (κ1) is 20.4. The Hall–Kier alpha value is -3.84. The molecule has 1 aromatic heterocycles. The highest BCUT2D eigenvalue weighted by molar-refractivity contribution is 9.10. The first-order chi connectivity index (χ1) is 15.0. The molecule has 0 bridgehead atoms. The number of hydrogen-bond acceptors (Lipinski definition) is 4. The Kier molecular flexibility index (Phi) is 5.86. The normalized spacial score (nSPS) is 11.0. The Morgan fingerprint density at radius 1 is 1.00 bits per heavy atom. The molecule has 1 heterocycles. The van der Waals surface area contributed by atoms with Crippen LogP contribution in [0.15, 0.2) is 95.6 Å². The van der Waals surface area contributed by atoms with Gasteiger partial charge in [0.05, 0.1) is 10.6 Å². The van der Waals surface area contributed by atoms with Crippen molar-refractivity contribution in [2.75, 3.05) is 0 Å². The van der Waals surface area contributed by atoms with Gasteiger partial charge in [0.2, 0.25) is 0 Å². The van der Waals surface area contributed by atoms with Gasteiger partial charge >= 0.3 is 0 Å². The molecule has 0 N–H and O–H groups in total. The number of hydrogen-bond donors (Lipinski definition) is 0. The van der Waals surface area contributed by atoms with Crippen molar-refractivity contribution in [1.82, 2.24) is 9.78 Å². The summed E-state index contributed by atoms with van der Waals surface area (Å²) in [7, 11) is 0. The zero-order chi connectivity index (χ0) is 21.8. The van der Waals surface area contributed by atoms with Crippen LogP contribution in [0.25, 0.3) is 23.0 Å². The quantitative estimate of drug-likeness (QED) is 0.146. The lowest BCUT2D eigenvalue weighted by molar-refractivity contribution is -0.384. The largest absolute Gasteiger partial charge is 0.289 e. The van der Waals surface area contributed by atoms with Crippen LogP contribution in [-0.4, -0.2) is 20.5 Å². The molecule has 0 saturated carbocycles. The van der Waals surface area contributed by atoms with Crippen LogP contribution in [0.1, 0.15) is 15.9 Å². The number of carbonyl (C=O) groups excluding carboxylic acids is 1. The van der Waals surface area contributed by atoms with E-state index in [1.165, 1.54) is 18.2 Å². The van der Waals surface area contributed by atoms with Crippen molar-refractivity contribution in [3.05, 3.63) is 117 Å². The lowest BCUT2D eigenvalue weighted by atomic mass is 10.1. The standard InChI is InChI=1S/C24H16BrN3O3/c25-20-12-9-17(10-13-20)23(29)14-11-19-16-27(21-6-2-1-3-7-21)26-24(19)18-5-4-8-22(15-18)28(30)31/h1-16H. The summed E-state index contributed by atoms with van der Waals surface area (Å²) in [4.78, 5) is 23.3. The van der Waals surface area contributed by atoms with Crippen LogP contribution < -0.4 is 0 Å². The molecule has 0 spiro atoms. The molecule has 0 aliphatic rings. The molecule has 0 saturated heterocycles. The molecule has 4 aromatic rings. The third-order valence-electron chi connectivity index (χ3n) is 4.64. The third-order valence-corrected chi connectivity index (χ3v) is 5.17. The minimum atomic E-state index is -0.440. The number of halogens is 1. The molecular formula is C24H16BrN3O3. The number of allylic oxidation sites excluding steroid dienone is 1. The predicted molar refractivity (Wildman–Crippen MR) is 123 cm³/mol. The highest BCUT2D eigenvalue weighted by atomic mass is 79.9. The Morgan fingerprint density at radius 3 is 2.45 bits per heavy atom. The zero-order valence-electron chi connectivity index (χ0n) is 16.2. The highest BCUT2D eigenvalue weighted by Gasteiger charge is 2.14. The number of non-ortho nitro benzene ring substituents is 1. The number of carbonyl (C=O) groups is 1. The van der Waals surface area contributed by atoms with Gasteiger partial charge in [-0.05, 0) is 48.6 Å². The minimum Gasteiger partial charge on any atom is -0.289 e. The van der Waals surface area contributed by atoms with Crippen molar-refractivity contribution in [1.29, 1.82) is 0 Å². The van der Waals surface area contributed by atoms with Crippen molar-refractivity contribution < 1.29 is 9.72 Å². The molecule has 0 aliphatic heterocycles. The first-order valence-electron chi connectivity index (χ1n) is 9.39. The average Bonchev–Trinajstić information content (AvgIpc) is 3.23. The lowest BCUT2D eigenvalue weighted by Gasteiger charge is -2.01. The van der Waals surface area contributed by atoms with Crippen LogP contribution in [0.4, 0.5) is 5.69 Å². The molecule has 31 heavy (non-hydrogen) atoms. The Morgan fingerprint density at radius 2 is 1.74 bits per heavy atom. The van der Waals surface area contributed by atoms with Crippen LogP contribution in [0.5, 0.6) is 0 Å². The number of aromatic nitrogens is 2. The summed E-state index contributed by atoms with van der Waals surface area (Å²) in [5.41, 5.74) is 3.20. The number of para-hydroxylation sites is 1. The molecule has 0 radical (unpaired) electrons. The molecule has 0 fully saturated rings. The number of ketones is 1. The molecule has 152 valence electrons. The van der Waals surface area contributed by atoms with Gasteiger partial charge in [0, 0.05) is 39.5 Å². The van der Waals surface area contributed by atoms with Crippen LogP contribution in [-0.2, 0) is 0 Å². The van der Waals surface area contributed by atoms with Crippen molar-refractivity contribution in [3.8, 4) is 16.9 Å². The molecule has 0 amide bonds. The molecule has 3 aromatic carbocycles. The van der Waals surface area contributed by atoms with Crippen LogP contribution >= 0.6 is 15.9 Å². The van der Waals surface area contributed by atoms with Gasteiger partial charge in [-0.1, -0.05) is 46.3 Å². The fourth-order valence-electron chi connectivity index (χ4n) is 3.09. The summed E-state index contributed by atoms with van der Waals surface area (Å²) in [5.74, 6) is -0.148. The summed E-state index contributed by atoms with van der Waals surface area (Å²) < 4.78 is 2.59. The third kappa shape index (κ3) is 4.67. The van der Waals surface area contributed by atoms with Gasteiger partial charge in [0.1, 0.15) is 5.69 Å². The smallest absolute Gasteiger partial charge is 0.270 e. The van der Waals surface area contributed by atoms with Gasteiger partial charge in [0.25, 0.3) is 5.69 Å². The summed E-state index contributed by atoms with van der Waals surface area (Å²) in [5, 5.41) is 15.8. The Labute approximate surface area is 186 Å². The molecule has 0 aliphatic carbocycles. The lowest BCUT2D eigenvalue weighted by Crippen LogP contribution is -1.94. The molecule has 0 unspecified atom stereocenters. The van der Waals surface area contributed by atoms with Crippen LogP contribution in [0, 0.1) is 10.1 Å². The number of benzene rings is 3. The summed E-state index contributed by atoms with van der Waals surface area (Å²) in [6.45, 7) is 0. The van der Waals surface area contributed by atoms with Gasteiger partial charge in [-0.2, -0.15) is 5.10 Å². The van der Waals surface area contributed by atoms with E-state index in [1.54, 1.807) is 41.2 Å². The second-order valence-corrected chi connectivity index (χ2v) is 7.64. The van der Waals surface area contributed by atoms with E-state index in [0.29, 0.717) is 22.4 Å². The SMILES string of the molecule is O=C(C=Cc1cn(-c2ccccc2)nc1-c1cccc([N+](=O)[O-])c1)c1ccc(Br)cc1. The first-order valence-corrected chi connectivity index (χ1v) is 10.2. The topological polar surface area (TPSA) is 78.0 Å². The van der Waals surface area contributed by atoms with Gasteiger partial charge in [-0.25, -0.2) is 4.68 Å². The van der Waals surface area contributed by atoms with E-state index in [4.69, 9.17) is 0 Å². The fraction of sp³-hybridized carbons (Fsp3) is 0. The minimum absolute atomic E-state index is 0.0207. The monoisotopic (exact) mass is 473 g/mol. The maximum Gasteiger partial charge on any atom is 0.270 e. The van der Waals surface area contributed by atoms with E-state index in [9.17, 15) is 14.9 Å². The van der Waals surface area contributed by atoms with E-state index in [2.05, 4.69) is 21.0 Å². The van der Waals surface area contributed by atoms with Crippen molar-refractivity contribution >= 4 is 33.5 Å². The Bertz CT molecular complexity index is 1280. The number of nitro groups is 1. The zero-order valence-corrected chi connectivity index (χ0v) is 17.8. The molecule has 7 heteroatoms. The summed E-state index contributed by atoms with van der Waals surface area (Å²) >= 11 is 3.36. The molecular weight excluding hydrogens is 458 g/mol. The van der Waals surface area contributed by atoms with Crippen molar-refractivity contribution in [2.24, 2.45) is 0 Å². The Balaban J connectivity index is 1.76. The average molecular weight is 474 g/mol. The molecule has 4 rings (SSSR count). The number of nitrogens with zero attached hydrogens (tertiary/aromatic N) is 3. The fourth-order valence-corrected chi connectivity index (χ4v) is 3.35. The van der Waals surface area contributed by atoms with E-state index >= 15 is 0 Å². The number of rotatable bonds is 6. The summed E-state index contributed by atoms with van der Waals surface area (Å²) in [6, 6.07) is 22.9. The van der Waals surface area contributed by atoms with Crippen molar-refractivity contribution in [3.63, 3.8) is 0 Å². The molecule has 0 atom stereocenters. The maximum absolute atomic E-state index is 12.6. The van der Waals surface area contributed by atoms with Gasteiger partial charge in [-0.15, -0.1) is 0 Å². The summed E-state index contributed by atoms with van der Waals surface area (Å²) in [6.07, 6.45) is 4.97. The second kappa shape index (κ2) is 8.89. The van der Waals surface area contributed by atoms with Crippen LogP contribution in [0.2, 0.25) is 0 Å². The van der Waals surface area contributed by atoms with Gasteiger partial charge < -0.3 is 0 Å². The molecule has 6 nitrogen and oxygen atoms in total. The second-order valence-electron chi connectivity index (χ2n) is 6.73. The maximum atomic E-state index is 12.6. The van der Waals surface area contributed by atoms with E-state index in [1.807, 2.05) is 42.5 Å². The predicted octanol–water partition coefficient (Wildman–Crippen LogP) is 6.11. The van der Waals surface area contributed by atoms with Gasteiger partial charge in [0.15, 0.2) is 5.78 Å². The highest BCUT2D eigenvalue weighted by Crippen LogP contribution is 2.28.